The molecule has 0 fully saturated rings. The second kappa shape index (κ2) is 8.72. The number of fused-ring (bicyclic) bond motifs is 1. The molecule has 0 bridgehead atoms. The first-order valence-corrected chi connectivity index (χ1v) is 10.8. The molecule has 0 saturated heterocycles. The standard InChI is InChI=1S/C23H15ClF3N7O2/c1-32-21(35)18(14-5-7-15(24)8-6-14)19(16-3-2-10-29-30-16)20-31-33(22(36)34(20)32)12-13-4-9-17(28-11-13)23(25,26)27/h2-11H,12H2,1H3. The van der Waals surface area contributed by atoms with Crippen LogP contribution < -0.4 is 11.2 Å². The van der Waals surface area contributed by atoms with E-state index in [0.717, 1.165) is 26.1 Å². The predicted octanol–water partition coefficient (Wildman–Crippen LogP) is 3.43. The van der Waals surface area contributed by atoms with Gasteiger partial charge in [0.15, 0.2) is 5.65 Å². The Morgan fingerprint density at radius 1 is 1.00 bits per heavy atom. The van der Waals surface area contributed by atoms with Crippen LogP contribution >= 0.6 is 11.6 Å². The molecule has 36 heavy (non-hydrogen) atoms. The predicted molar refractivity (Wildman–Crippen MR) is 125 cm³/mol. The monoisotopic (exact) mass is 513 g/mol. The molecule has 9 nitrogen and oxygen atoms in total. The molecule has 0 unspecified atom stereocenters. The fourth-order valence-electron chi connectivity index (χ4n) is 3.82. The number of alkyl halides is 3. The van der Waals surface area contributed by atoms with Gasteiger partial charge in [0, 0.05) is 24.5 Å². The van der Waals surface area contributed by atoms with Gasteiger partial charge in [-0.05, 0) is 41.5 Å². The molecule has 0 aliphatic carbocycles. The van der Waals surface area contributed by atoms with Crippen LogP contribution in [-0.4, -0.2) is 34.2 Å². The van der Waals surface area contributed by atoms with Gasteiger partial charge in [0.25, 0.3) is 5.56 Å². The van der Waals surface area contributed by atoms with E-state index < -0.39 is 23.1 Å². The highest BCUT2D eigenvalue weighted by molar-refractivity contribution is 6.30. The van der Waals surface area contributed by atoms with E-state index in [9.17, 15) is 22.8 Å². The maximum atomic E-state index is 13.5. The van der Waals surface area contributed by atoms with Crippen LogP contribution in [0.2, 0.25) is 5.02 Å². The lowest BCUT2D eigenvalue weighted by Crippen LogP contribution is -2.33. The van der Waals surface area contributed by atoms with Crippen molar-refractivity contribution < 1.29 is 13.2 Å². The summed E-state index contributed by atoms with van der Waals surface area (Å²) < 4.78 is 41.8. The van der Waals surface area contributed by atoms with Crippen LogP contribution in [-0.2, 0) is 19.8 Å². The number of pyridine rings is 1. The quantitative estimate of drug-likeness (QED) is 0.365. The van der Waals surface area contributed by atoms with Crippen LogP contribution in [0.25, 0.3) is 28.0 Å². The summed E-state index contributed by atoms with van der Waals surface area (Å²) in [5.41, 5.74) is -0.444. The SMILES string of the molecule is Cn1c(=O)c(-c2ccc(Cl)cc2)c(-c2cccnn2)c2nn(Cc3ccc(C(F)(F)F)nc3)c(=O)n21. The van der Waals surface area contributed by atoms with Gasteiger partial charge in [0.05, 0.1) is 23.4 Å². The smallest absolute Gasteiger partial charge is 0.267 e. The third-order valence-corrected chi connectivity index (χ3v) is 5.76. The van der Waals surface area contributed by atoms with Gasteiger partial charge in [-0.3, -0.25) is 9.78 Å². The third kappa shape index (κ3) is 4.05. The van der Waals surface area contributed by atoms with E-state index >= 15 is 0 Å². The van der Waals surface area contributed by atoms with Crippen molar-refractivity contribution in [1.29, 1.82) is 0 Å². The van der Waals surface area contributed by atoms with Crippen molar-refractivity contribution in [2.24, 2.45) is 7.05 Å². The van der Waals surface area contributed by atoms with Crippen molar-refractivity contribution in [3.8, 4) is 22.4 Å². The van der Waals surface area contributed by atoms with Crippen LogP contribution in [0, 0.1) is 0 Å². The molecule has 182 valence electrons. The second-order valence-electron chi connectivity index (χ2n) is 7.82. The van der Waals surface area contributed by atoms with E-state index in [0.29, 0.717) is 21.8 Å². The normalized spacial score (nSPS) is 11.8. The van der Waals surface area contributed by atoms with Crippen LogP contribution in [0.4, 0.5) is 13.2 Å². The van der Waals surface area contributed by atoms with Crippen molar-refractivity contribution in [2.75, 3.05) is 0 Å². The Balaban J connectivity index is 1.74. The Morgan fingerprint density at radius 3 is 2.36 bits per heavy atom. The van der Waals surface area contributed by atoms with Crippen molar-refractivity contribution >= 4 is 17.2 Å². The fraction of sp³-hybridized carbons (Fsp3) is 0.130. The summed E-state index contributed by atoms with van der Waals surface area (Å²) in [7, 11) is 1.42. The zero-order chi connectivity index (χ0) is 25.6. The van der Waals surface area contributed by atoms with E-state index in [4.69, 9.17) is 11.6 Å². The molecular formula is C23H15ClF3N7O2. The van der Waals surface area contributed by atoms with Gasteiger partial charge in [0.1, 0.15) is 5.69 Å². The highest BCUT2D eigenvalue weighted by Crippen LogP contribution is 2.31. The van der Waals surface area contributed by atoms with Gasteiger partial charge in [-0.15, -0.1) is 5.10 Å². The molecule has 0 N–H and O–H groups in total. The van der Waals surface area contributed by atoms with E-state index in [2.05, 4.69) is 20.3 Å². The summed E-state index contributed by atoms with van der Waals surface area (Å²) in [5, 5.41) is 12.9. The summed E-state index contributed by atoms with van der Waals surface area (Å²) in [6, 6.07) is 11.9. The lowest BCUT2D eigenvalue weighted by atomic mass is 10.00. The molecule has 0 radical (unpaired) electrons. The molecule has 0 aliphatic rings. The lowest BCUT2D eigenvalue weighted by Gasteiger charge is -2.12. The molecular weight excluding hydrogens is 499 g/mol. The summed E-state index contributed by atoms with van der Waals surface area (Å²) in [6.45, 7) is -0.171. The molecule has 1 aromatic carbocycles. The first-order chi connectivity index (χ1) is 17.1. The van der Waals surface area contributed by atoms with Crippen molar-refractivity contribution in [2.45, 2.75) is 12.7 Å². The first kappa shape index (κ1) is 23.4. The molecule has 5 rings (SSSR count). The second-order valence-corrected chi connectivity index (χ2v) is 8.26. The third-order valence-electron chi connectivity index (χ3n) is 5.51. The Morgan fingerprint density at radius 2 is 1.75 bits per heavy atom. The van der Waals surface area contributed by atoms with E-state index in [1.807, 2.05) is 0 Å². The van der Waals surface area contributed by atoms with E-state index in [1.54, 1.807) is 36.4 Å². The molecule has 5 aromatic rings. The van der Waals surface area contributed by atoms with Crippen molar-refractivity contribution in [3.05, 3.63) is 98.0 Å². The lowest BCUT2D eigenvalue weighted by molar-refractivity contribution is -0.141. The Kier molecular flexibility index (Phi) is 5.67. The molecule has 0 amide bonds. The largest absolute Gasteiger partial charge is 0.433 e. The molecule has 4 aromatic heterocycles. The number of aromatic nitrogens is 7. The Hall–Kier alpha value is -4.32. The van der Waals surface area contributed by atoms with Crippen LogP contribution in [0.1, 0.15) is 11.3 Å². The van der Waals surface area contributed by atoms with Gasteiger partial charge < -0.3 is 0 Å². The zero-order valence-electron chi connectivity index (χ0n) is 18.4. The minimum absolute atomic E-state index is 0.118. The number of benzene rings is 1. The number of halogens is 4. The molecule has 0 atom stereocenters. The number of hydrogen-bond acceptors (Lipinski definition) is 6. The van der Waals surface area contributed by atoms with Gasteiger partial charge in [-0.2, -0.15) is 27.9 Å². The summed E-state index contributed by atoms with van der Waals surface area (Å²) in [5.74, 6) is 0. The summed E-state index contributed by atoms with van der Waals surface area (Å²) >= 11 is 6.02. The van der Waals surface area contributed by atoms with Crippen LogP contribution in [0.5, 0.6) is 0 Å². The number of nitrogens with zero attached hydrogens (tertiary/aromatic N) is 7. The maximum Gasteiger partial charge on any atom is 0.433 e. The number of aryl methyl sites for hydroxylation is 1. The highest BCUT2D eigenvalue weighted by Gasteiger charge is 2.32. The average molecular weight is 514 g/mol. The Bertz CT molecular complexity index is 1690. The summed E-state index contributed by atoms with van der Waals surface area (Å²) in [6.07, 6.45) is -2.09. The van der Waals surface area contributed by atoms with Crippen LogP contribution in [0.15, 0.2) is 70.5 Å². The molecule has 0 spiro atoms. The van der Waals surface area contributed by atoms with E-state index in [-0.39, 0.29) is 23.3 Å². The molecule has 0 aliphatic heterocycles. The molecule has 4 heterocycles. The molecule has 13 heteroatoms. The highest BCUT2D eigenvalue weighted by atomic mass is 35.5. The topological polar surface area (TPSA) is 100.0 Å². The zero-order valence-corrected chi connectivity index (χ0v) is 19.2. The van der Waals surface area contributed by atoms with Gasteiger partial charge in [-0.25, -0.2) is 14.2 Å². The van der Waals surface area contributed by atoms with Crippen molar-refractivity contribution in [1.82, 2.24) is 34.2 Å². The van der Waals surface area contributed by atoms with Gasteiger partial charge >= 0.3 is 11.9 Å². The van der Waals surface area contributed by atoms with Gasteiger partial charge in [0.2, 0.25) is 0 Å². The number of rotatable bonds is 4. The summed E-state index contributed by atoms with van der Waals surface area (Å²) in [4.78, 5) is 30.2. The first-order valence-electron chi connectivity index (χ1n) is 10.4. The van der Waals surface area contributed by atoms with Gasteiger partial charge in [-0.1, -0.05) is 29.8 Å². The maximum absolute atomic E-state index is 13.5. The minimum Gasteiger partial charge on any atom is -0.267 e. The number of hydrogen-bond donors (Lipinski definition) is 0. The minimum atomic E-state index is -4.58. The van der Waals surface area contributed by atoms with Crippen molar-refractivity contribution in [3.63, 3.8) is 0 Å². The van der Waals surface area contributed by atoms with E-state index in [1.165, 1.54) is 19.3 Å². The Labute approximate surface area is 205 Å². The molecule has 0 saturated carbocycles. The average Bonchev–Trinajstić information content (AvgIpc) is 3.18. The fourth-order valence-corrected chi connectivity index (χ4v) is 3.95. The van der Waals surface area contributed by atoms with Crippen LogP contribution in [0.3, 0.4) is 0 Å².